The largest absolute Gasteiger partial charge is 0.323 e. The lowest BCUT2D eigenvalue weighted by Gasteiger charge is -2.24. The molecule has 1 atom stereocenters. The standard InChI is InChI=1S/C23H21N3O2/c1-15-13-18-5-3-4-6-21(18)26(15)22-14-19(11-12-24-22)23(28)25-20-9-7-17(8-10-20)16(2)27/h3-12,14-15H,13H2,1-2H3,(H,25,28). The first-order valence-electron chi connectivity index (χ1n) is 9.28. The summed E-state index contributed by atoms with van der Waals surface area (Å²) in [5, 5.41) is 2.88. The fraction of sp³-hybridized carbons (Fsp3) is 0.174. The first kappa shape index (κ1) is 17.9. The highest BCUT2D eigenvalue weighted by Gasteiger charge is 2.28. The van der Waals surface area contributed by atoms with E-state index in [0.29, 0.717) is 16.8 Å². The minimum Gasteiger partial charge on any atom is -0.323 e. The van der Waals surface area contributed by atoms with Crippen LogP contribution in [0.2, 0.25) is 0 Å². The smallest absolute Gasteiger partial charge is 0.255 e. The third-order valence-corrected chi connectivity index (χ3v) is 5.01. The number of hydrogen-bond donors (Lipinski definition) is 1. The van der Waals surface area contributed by atoms with Gasteiger partial charge in [0.2, 0.25) is 0 Å². The molecule has 1 aromatic heterocycles. The summed E-state index contributed by atoms with van der Waals surface area (Å²) in [7, 11) is 0. The van der Waals surface area contributed by atoms with Gasteiger partial charge < -0.3 is 10.2 Å². The molecule has 0 aliphatic carbocycles. The van der Waals surface area contributed by atoms with E-state index in [1.54, 1.807) is 36.5 Å². The number of pyridine rings is 1. The Hall–Kier alpha value is -3.47. The van der Waals surface area contributed by atoms with E-state index in [-0.39, 0.29) is 17.7 Å². The minimum atomic E-state index is -0.209. The van der Waals surface area contributed by atoms with Crippen molar-refractivity contribution in [1.82, 2.24) is 4.98 Å². The number of anilines is 3. The molecule has 140 valence electrons. The van der Waals surface area contributed by atoms with E-state index < -0.39 is 0 Å². The van der Waals surface area contributed by atoms with Gasteiger partial charge in [0.1, 0.15) is 5.82 Å². The quantitative estimate of drug-likeness (QED) is 0.680. The molecule has 5 heteroatoms. The van der Waals surface area contributed by atoms with E-state index in [0.717, 1.165) is 17.9 Å². The zero-order valence-electron chi connectivity index (χ0n) is 15.8. The summed E-state index contributed by atoms with van der Waals surface area (Å²) < 4.78 is 0. The molecule has 0 saturated carbocycles. The third-order valence-electron chi connectivity index (χ3n) is 5.01. The van der Waals surface area contributed by atoms with Crippen molar-refractivity contribution in [3.05, 3.63) is 83.6 Å². The molecule has 1 amide bonds. The molecule has 0 fully saturated rings. The fourth-order valence-electron chi connectivity index (χ4n) is 3.60. The van der Waals surface area contributed by atoms with Crippen molar-refractivity contribution in [2.24, 2.45) is 0 Å². The molecule has 0 spiro atoms. The molecule has 28 heavy (non-hydrogen) atoms. The second kappa shape index (κ2) is 7.27. The first-order valence-corrected chi connectivity index (χ1v) is 9.28. The van der Waals surface area contributed by atoms with Gasteiger partial charge in [0, 0.05) is 34.7 Å². The molecule has 1 unspecified atom stereocenters. The average molecular weight is 371 g/mol. The Bertz CT molecular complexity index is 1040. The predicted octanol–water partition coefficient (Wildman–Crippen LogP) is 4.62. The van der Waals surface area contributed by atoms with Gasteiger partial charge in [-0.05, 0) is 68.3 Å². The summed E-state index contributed by atoms with van der Waals surface area (Å²) in [6.07, 6.45) is 2.62. The molecular formula is C23H21N3O2. The van der Waals surface area contributed by atoms with Crippen molar-refractivity contribution in [2.45, 2.75) is 26.3 Å². The van der Waals surface area contributed by atoms with Gasteiger partial charge in [-0.25, -0.2) is 4.98 Å². The van der Waals surface area contributed by atoms with Gasteiger partial charge in [-0.2, -0.15) is 0 Å². The van der Waals surface area contributed by atoms with Crippen LogP contribution in [-0.4, -0.2) is 22.7 Å². The molecule has 1 aliphatic rings. The normalized spacial score (nSPS) is 15.2. The van der Waals surface area contributed by atoms with Crippen molar-refractivity contribution in [2.75, 3.05) is 10.2 Å². The van der Waals surface area contributed by atoms with Gasteiger partial charge in [0.05, 0.1) is 0 Å². The lowest BCUT2D eigenvalue weighted by Crippen LogP contribution is -2.25. The summed E-state index contributed by atoms with van der Waals surface area (Å²) >= 11 is 0. The number of carbonyl (C=O) groups is 2. The van der Waals surface area contributed by atoms with Crippen molar-refractivity contribution in [3.63, 3.8) is 0 Å². The highest BCUT2D eigenvalue weighted by atomic mass is 16.1. The van der Waals surface area contributed by atoms with E-state index in [4.69, 9.17) is 0 Å². The Morgan fingerprint density at radius 2 is 1.79 bits per heavy atom. The lowest BCUT2D eigenvalue weighted by molar-refractivity contribution is 0.101. The lowest BCUT2D eigenvalue weighted by atomic mass is 10.1. The van der Waals surface area contributed by atoms with E-state index in [1.165, 1.54) is 12.5 Å². The zero-order chi connectivity index (χ0) is 19.7. The summed E-state index contributed by atoms with van der Waals surface area (Å²) in [6, 6.07) is 19.0. The van der Waals surface area contributed by atoms with E-state index in [2.05, 4.69) is 34.3 Å². The van der Waals surface area contributed by atoms with Crippen LogP contribution < -0.4 is 10.2 Å². The van der Waals surface area contributed by atoms with E-state index in [9.17, 15) is 9.59 Å². The van der Waals surface area contributed by atoms with Crippen LogP contribution >= 0.6 is 0 Å². The molecule has 5 nitrogen and oxygen atoms in total. The van der Waals surface area contributed by atoms with Gasteiger partial charge >= 0.3 is 0 Å². The molecule has 2 aromatic carbocycles. The molecular weight excluding hydrogens is 350 g/mol. The third kappa shape index (κ3) is 3.39. The van der Waals surface area contributed by atoms with Gasteiger partial charge in [0.25, 0.3) is 5.91 Å². The van der Waals surface area contributed by atoms with Gasteiger partial charge in [-0.3, -0.25) is 9.59 Å². The van der Waals surface area contributed by atoms with Crippen molar-refractivity contribution in [1.29, 1.82) is 0 Å². The van der Waals surface area contributed by atoms with Gasteiger partial charge in [-0.15, -0.1) is 0 Å². The summed E-state index contributed by atoms with van der Waals surface area (Å²) in [4.78, 5) is 30.8. The van der Waals surface area contributed by atoms with E-state index >= 15 is 0 Å². The molecule has 3 aromatic rings. The minimum absolute atomic E-state index is 0.00309. The van der Waals surface area contributed by atoms with Crippen LogP contribution in [0, 0.1) is 0 Å². The Labute approximate surface area is 164 Å². The predicted molar refractivity (Wildman–Crippen MR) is 110 cm³/mol. The van der Waals surface area contributed by atoms with Crippen molar-refractivity contribution < 1.29 is 9.59 Å². The molecule has 0 radical (unpaired) electrons. The summed E-state index contributed by atoms with van der Waals surface area (Å²) in [5.74, 6) is 0.549. The van der Waals surface area contributed by atoms with Crippen LogP contribution in [0.4, 0.5) is 17.2 Å². The fourth-order valence-corrected chi connectivity index (χ4v) is 3.60. The number of amides is 1. The summed E-state index contributed by atoms with van der Waals surface area (Å²) in [5.41, 5.74) is 4.23. The number of fused-ring (bicyclic) bond motifs is 1. The Kier molecular flexibility index (Phi) is 4.65. The average Bonchev–Trinajstić information content (AvgIpc) is 3.04. The van der Waals surface area contributed by atoms with Gasteiger partial charge in [0.15, 0.2) is 5.78 Å². The number of carbonyl (C=O) groups excluding carboxylic acids is 2. The van der Waals surface area contributed by atoms with Gasteiger partial charge in [-0.1, -0.05) is 18.2 Å². The molecule has 4 rings (SSSR count). The SMILES string of the molecule is CC(=O)c1ccc(NC(=O)c2ccnc(N3c4ccccc4CC3C)c2)cc1. The number of benzene rings is 2. The van der Waals surface area contributed by atoms with E-state index in [1.807, 2.05) is 18.2 Å². The van der Waals surface area contributed by atoms with Crippen LogP contribution in [0.25, 0.3) is 0 Å². The maximum Gasteiger partial charge on any atom is 0.255 e. The number of hydrogen-bond acceptors (Lipinski definition) is 4. The number of Topliss-reactive ketones (excluding diaryl/α,β-unsaturated/α-hetero) is 1. The first-order chi connectivity index (χ1) is 13.5. The van der Waals surface area contributed by atoms with Crippen LogP contribution in [-0.2, 0) is 6.42 Å². The number of rotatable bonds is 4. The summed E-state index contributed by atoms with van der Waals surface area (Å²) in [6.45, 7) is 3.68. The Morgan fingerprint density at radius 3 is 2.54 bits per heavy atom. The number of nitrogens with zero attached hydrogens (tertiary/aromatic N) is 2. The molecule has 1 aliphatic heterocycles. The number of para-hydroxylation sites is 1. The number of ketones is 1. The maximum atomic E-state index is 12.7. The maximum absolute atomic E-state index is 12.7. The molecule has 0 bridgehead atoms. The van der Waals surface area contributed by atoms with Crippen molar-refractivity contribution in [3.8, 4) is 0 Å². The van der Waals surface area contributed by atoms with Crippen LogP contribution in [0.15, 0.2) is 66.9 Å². The van der Waals surface area contributed by atoms with Crippen molar-refractivity contribution >= 4 is 28.9 Å². The Morgan fingerprint density at radius 1 is 1.04 bits per heavy atom. The monoisotopic (exact) mass is 371 g/mol. The topological polar surface area (TPSA) is 62.3 Å². The van der Waals surface area contributed by atoms with Crippen LogP contribution in [0.3, 0.4) is 0 Å². The number of aromatic nitrogens is 1. The molecule has 0 saturated heterocycles. The molecule has 1 N–H and O–H groups in total. The second-order valence-electron chi connectivity index (χ2n) is 7.04. The zero-order valence-corrected chi connectivity index (χ0v) is 15.8. The van der Waals surface area contributed by atoms with Crippen LogP contribution in [0.5, 0.6) is 0 Å². The number of nitrogens with one attached hydrogen (secondary N) is 1. The molecule has 2 heterocycles. The second-order valence-corrected chi connectivity index (χ2v) is 7.04. The van der Waals surface area contributed by atoms with Crippen LogP contribution in [0.1, 0.15) is 40.1 Å². The Balaban J connectivity index is 1.57. The highest BCUT2D eigenvalue weighted by Crippen LogP contribution is 2.37. The highest BCUT2D eigenvalue weighted by molar-refractivity contribution is 6.05.